The standard InChI is InChI=1S/C40H60Br2N6O12/c1-5-9-23-57-37(51)31-33(39(53)59-25-11-7-3)47(45-43-31)21-17-13-15-19-27-55-35(49)29(41)30(42)36(50)56-28-20-16-14-18-22-48-34(40(54)60-26-12-8-4)32(44-46-48)38(52)58-24-10-6-2/h5-28H2,1-4H3/b30-29+. The van der Waals surface area contributed by atoms with Crippen molar-refractivity contribution in [2.75, 3.05) is 39.6 Å². The van der Waals surface area contributed by atoms with E-state index in [0.717, 1.165) is 25.7 Å². The Morgan fingerprint density at radius 1 is 0.417 bits per heavy atom. The zero-order chi connectivity index (χ0) is 44.1. The highest BCUT2D eigenvalue weighted by atomic mass is 79.9. The summed E-state index contributed by atoms with van der Waals surface area (Å²) < 4.78 is 34.3. The van der Waals surface area contributed by atoms with Crippen molar-refractivity contribution in [2.45, 2.75) is 144 Å². The molecular formula is C40H60Br2N6O12. The molecule has 0 radical (unpaired) electrons. The number of unbranched alkanes of at least 4 members (excludes halogenated alkanes) is 10. The van der Waals surface area contributed by atoms with Crippen molar-refractivity contribution >= 4 is 67.7 Å². The number of hydrogen-bond donors (Lipinski definition) is 0. The van der Waals surface area contributed by atoms with Crippen molar-refractivity contribution in [1.29, 1.82) is 0 Å². The third kappa shape index (κ3) is 18.6. The van der Waals surface area contributed by atoms with Gasteiger partial charge in [-0.25, -0.2) is 38.1 Å². The number of rotatable bonds is 32. The molecule has 0 saturated heterocycles. The number of aromatic nitrogens is 6. The maximum atomic E-state index is 12.8. The minimum atomic E-state index is -0.731. The number of carbonyl (C=O) groups is 6. The van der Waals surface area contributed by atoms with Crippen molar-refractivity contribution in [1.82, 2.24) is 30.0 Å². The van der Waals surface area contributed by atoms with Crippen LogP contribution >= 0.6 is 31.9 Å². The molecule has 0 aliphatic heterocycles. The van der Waals surface area contributed by atoms with Crippen molar-refractivity contribution in [3.8, 4) is 0 Å². The highest BCUT2D eigenvalue weighted by Gasteiger charge is 2.29. The Labute approximate surface area is 368 Å². The summed E-state index contributed by atoms with van der Waals surface area (Å²) in [6, 6.07) is 0. The zero-order valence-corrected chi connectivity index (χ0v) is 38.5. The fourth-order valence-corrected chi connectivity index (χ4v) is 5.75. The Hall–Kier alpha value is -4.20. The predicted molar refractivity (Wildman–Crippen MR) is 225 cm³/mol. The topological polar surface area (TPSA) is 219 Å². The van der Waals surface area contributed by atoms with Gasteiger partial charge in [0.15, 0.2) is 11.4 Å². The van der Waals surface area contributed by atoms with Gasteiger partial charge in [0.25, 0.3) is 0 Å². The summed E-state index contributed by atoms with van der Waals surface area (Å²) in [5, 5.41) is 15.8. The number of aryl methyl sites for hydroxylation is 2. The molecule has 18 nitrogen and oxygen atoms in total. The Morgan fingerprint density at radius 2 is 0.717 bits per heavy atom. The molecule has 20 heteroatoms. The van der Waals surface area contributed by atoms with Crippen molar-refractivity contribution in [3.05, 3.63) is 31.7 Å². The second-order valence-corrected chi connectivity index (χ2v) is 15.3. The van der Waals surface area contributed by atoms with E-state index in [1.54, 1.807) is 0 Å². The molecule has 0 unspecified atom stereocenters. The summed E-state index contributed by atoms with van der Waals surface area (Å²) in [5.74, 6) is -4.25. The molecule has 0 spiro atoms. The Bertz CT molecular complexity index is 1580. The number of carbonyl (C=O) groups excluding carboxylic acids is 6. The summed E-state index contributed by atoms with van der Waals surface area (Å²) in [6.45, 7) is 9.60. The molecule has 0 amide bonds. The van der Waals surface area contributed by atoms with Gasteiger partial charge in [-0.05, 0) is 96.1 Å². The maximum absolute atomic E-state index is 12.8. The Balaban J connectivity index is 1.74. The van der Waals surface area contributed by atoms with E-state index in [9.17, 15) is 28.8 Å². The first kappa shape index (κ1) is 51.9. The Morgan fingerprint density at radius 3 is 1.05 bits per heavy atom. The second kappa shape index (κ2) is 30.8. The largest absolute Gasteiger partial charge is 0.462 e. The smallest absolute Gasteiger partial charge is 0.361 e. The van der Waals surface area contributed by atoms with Gasteiger partial charge in [0, 0.05) is 13.1 Å². The van der Waals surface area contributed by atoms with Crippen LogP contribution in [-0.2, 0) is 51.1 Å². The maximum Gasteiger partial charge on any atom is 0.361 e. The van der Waals surface area contributed by atoms with Crippen molar-refractivity contribution in [2.24, 2.45) is 0 Å². The average molecular weight is 977 g/mol. The van der Waals surface area contributed by atoms with Crippen LogP contribution in [0.4, 0.5) is 0 Å². The number of esters is 6. The average Bonchev–Trinajstić information content (AvgIpc) is 3.87. The van der Waals surface area contributed by atoms with E-state index in [-0.39, 0.29) is 71.4 Å². The highest BCUT2D eigenvalue weighted by molar-refractivity contribution is 9.14. The molecule has 0 atom stereocenters. The van der Waals surface area contributed by atoms with Gasteiger partial charge in [-0.1, -0.05) is 76.6 Å². The number of nitrogens with zero attached hydrogens (tertiary/aromatic N) is 6. The summed E-state index contributed by atoms with van der Waals surface area (Å²) >= 11 is 6.23. The zero-order valence-electron chi connectivity index (χ0n) is 35.3. The van der Waals surface area contributed by atoms with Crippen LogP contribution in [0.3, 0.4) is 0 Å². The molecule has 0 aromatic carbocycles. The third-order valence-corrected chi connectivity index (χ3v) is 10.7. The molecule has 2 aromatic heterocycles. The van der Waals surface area contributed by atoms with Crippen LogP contribution in [0.25, 0.3) is 0 Å². The van der Waals surface area contributed by atoms with E-state index >= 15 is 0 Å². The first-order valence-corrected chi connectivity index (χ1v) is 22.6. The van der Waals surface area contributed by atoms with Gasteiger partial charge in [0.1, 0.15) is 8.96 Å². The molecule has 0 aliphatic carbocycles. The van der Waals surface area contributed by atoms with E-state index in [4.69, 9.17) is 28.4 Å². The van der Waals surface area contributed by atoms with E-state index in [2.05, 4.69) is 52.5 Å². The van der Waals surface area contributed by atoms with Gasteiger partial charge in [-0.2, -0.15) is 0 Å². The molecule has 0 fully saturated rings. The molecule has 0 N–H and O–H groups in total. The van der Waals surface area contributed by atoms with E-state index in [1.165, 1.54) is 9.36 Å². The molecule has 60 heavy (non-hydrogen) atoms. The quantitative estimate of drug-likeness (QED) is 0.0298. The van der Waals surface area contributed by atoms with E-state index in [0.29, 0.717) is 90.1 Å². The first-order chi connectivity index (χ1) is 29.0. The monoisotopic (exact) mass is 974 g/mol. The highest BCUT2D eigenvalue weighted by Crippen LogP contribution is 2.22. The van der Waals surface area contributed by atoms with Gasteiger partial charge in [-0.15, -0.1) is 10.2 Å². The second-order valence-electron chi connectivity index (χ2n) is 13.7. The molecule has 336 valence electrons. The molecule has 2 heterocycles. The molecule has 0 saturated carbocycles. The molecule has 2 rings (SSSR count). The van der Waals surface area contributed by atoms with Gasteiger partial charge < -0.3 is 28.4 Å². The summed E-state index contributed by atoms with van der Waals surface area (Å²) in [7, 11) is 0. The SMILES string of the molecule is CCCCOC(=O)c1nnn(CCCCCCOC(=O)/C(Br)=C(\Br)C(=O)OCCCCCCn2nnc(C(=O)OCCCC)c2C(=O)OCCCC)c1C(=O)OCCCC. The lowest BCUT2D eigenvalue weighted by atomic mass is 10.2. The van der Waals surface area contributed by atoms with Crippen LogP contribution in [0.1, 0.15) is 172 Å². The summed E-state index contributed by atoms with van der Waals surface area (Å²) in [4.78, 5) is 76.0. The van der Waals surface area contributed by atoms with Crippen LogP contribution in [0.2, 0.25) is 0 Å². The van der Waals surface area contributed by atoms with Gasteiger partial charge >= 0.3 is 35.8 Å². The molecular weight excluding hydrogens is 916 g/mol. The predicted octanol–water partition coefficient (Wildman–Crippen LogP) is 7.61. The van der Waals surface area contributed by atoms with Crippen LogP contribution in [-0.4, -0.2) is 105 Å². The minimum Gasteiger partial charge on any atom is -0.462 e. The van der Waals surface area contributed by atoms with Crippen LogP contribution < -0.4 is 0 Å². The van der Waals surface area contributed by atoms with Gasteiger partial charge in [-0.3, -0.25) is 0 Å². The number of ether oxygens (including phenoxy) is 6. The van der Waals surface area contributed by atoms with Crippen molar-refractivity contribution < 1.29 is 57.2 Å². The number of hydrogen-bond acceptors (Lipinski definition) is 16. The lowest BCUT2D eigenvalue weighted by molar-refractivity contribution is -0.141. The Kier molecular flexibility index (Phi) is 26.6. The van der Waals surface area contributed by atoms with Gasteiger partial charge in [0.05, 0.1) is 39.6 Å². The number of halogens is 2. The normalized spacial score (nSPS) is 11.4. The van der Waals surface area contributed by atoms with E-state index in [1.807, 2.05) is 27.7 Å². The first-order valence-electron chi connectivity index (χ1n) is 21.0. The lowest BCUT2D eigenvalue weighted by Crippen LogP contribution is -2.19. The fourth-order valence-electron chi connectivity index (χ4n) is 5.20. The van der Waals surface area contributed by atoms with Crippen LogP contribution in [0.5, 0.6) is 0 Å². The van der Waals surface area contributed by atoms with Gasteiger partial charge in [0.2, 0.25) is 11.4 Å². The minimum absolute atomic E-state index is 0.0297. The molecule has 0 bridgehead atoms. The summed E-state index contributed by atoms with van der Waals surface area (Å²) in [5.41, 5.74) is -0.390. The van der Waals surface area contributed by atoms with Crippen molar-refractivity contribution in [3.63, 3.8) is 0 Å². The molecule has 2 aromatic rings. The van der Waals surface area contributed by atoms with Crippen LogP contribution in [0, 0.1) is 0 Å². The summed E-state index contributed by atoms with van der Waals surface area (Å²) in [6.07, 6.45) is 11.2. The molecule has 0 aliphatic rings. The van der Waals surface area contributed by atoms with Crippen LogP contribution in [0.15, 0.2) is 8.96 Å². The fraction of sp³-hybridized carbons (Fsp3) is 0.700. The van der Waals surface area contributed by atoms with E-state index < -0.39 is 35.8 Å². The third-order valence-electron chi connectivity index (χ3n) is 8.71. The lowest BCUT2D eigenvalue weighted by Gasteiger charge is -2.09.